The van der Waals surface area contributed by atoms with Gasteiger partial charge in [0.2, 0.25) is 0 Å². The molecule has 11 aromatic rings. The highest BCUT2D eigenvalue weighted by atomic mass is 16.3. The van der Waals surface area contributed by atoms with Crippen LogP contribution in [-0.4, -0.2) is 54.2 Å². The quantitative estimate of drug-likeness (QED) is 0.224. The first kappa shape index (κ1) is 36.8. The molecular formula is C51H36B5N3O2. The molecule has 5 nitrogen and oxygen atoms in total. The second kappa shape index (κ2) is 14.5. The molecule has 0 saturated carbocycles. The standard InChI is InChI=1S/C51H36B5N3O2/c52-43-41(44(53)46(55)47(56)45(43)54)30-22-20-28(21-23-30)27-16-18-29(19-17-27)32-24-25-35-40(26-32)60-39-15-7-12-36(42(35)39)50-57-49(31-8-2-1-3-9-31)58-51(59-50)37-13-6-11-34-33-10-4-5-14-38(33)61-48(34)37/h1-26H,52-56H2. The van der Waals surface area contributed by atoms with Crippen molar-refractivity contribution in [2.75, 3.05) is 0 Å². The zero-order chi connectivity index (χ0) is 41.4. The van der Waals surface area contributed by atoms with E-state index in [-0.39, 0.29) is 0 Å². The topological polar surface area (TPSA) is 65.0 Å². The van der Waals surface area contributed by atoms with E-state index in [1.54, 1.807) is 0 Å². The Morgan fingerprint density at radius 3 is 1.57 bits per heavy atom. The third-order valence-electron chi connectivity index (χ3n) is 12.8. The van der Waals surface area contributed by atoms with Crippen LogP contribution in [0.2, 0.25) is 0 Å². The molecule has 0 aliphatic rings. The lowest BCUT2D eigenvalue weighted by atomic mass is 9.59. The number of benzene rings is 8. The van der Waals surface area contributed by atoms with Crippen molar-refractivity contribution in [3.8, 4) is 67.5 Å². The summed E-state index contributed by atoms with van der Waals surface area (Å²) < 4.78 is 13.0. The van der Waals surface area contributed by atoms with Crippen molar-refractivity contribution >= 4 is 110 Å². The summed E-state index contributed by atoms with van der Waals surface area (Å²) in [6, 6.07) is 54.6. The first-order valence-corrected chi connectivity index (χ1v) is 20.8. The third-order valence-corrected chi connectivity index (χ3v) is 12.8. The number of hydrogen-bond acceptors (Lipinski definition) is 5. The lowest BCUT2D eigenvalue weighted by molar-refractivity contribution is 0.668. The molecule has 0 atom stereocenters. The highest BCUT2D eigenvalue weighted by Gasteiger charge is 2.21. The van der Waals surface area contributed by atoms with Gasteiger partial charge in [-0.2, -0.15) is 0 Å². The van der Waals surface area contributed by atoms with Crippen LogP contribution in [0.5, 0.6) is 0 Å². The molecule has 0 amide bonds. The number of fused-ring (bicyclic) bond motifs is 6. The van der Waals surface area contributed by atoms with Gasteiger partial charge in [-0.05, 0) is 63.7 Å². The molecule has 282 valence electrons. The molecule has 3 aromatic heterocycles. The first-order chi connectivity index (χ1) is 29.8. The van der Waals surface area contributed by atoms with E-state index < -0.39 is 0 Å². The third kappa shape index (κ3) is 6.12. The average molecular weight is 777 g/mol. The molecule has 10 heteroatoms. The van der Waals surface area contributed by atoms with Crippen LogP contribution in [-0.2, 0) is 0 Å². The Morgan fingerprint density at radius 1 is 0.328 bits per heavy atom. The van der Waals surface area contributed by atoms with Crippen LogP contribution in [0, 0.1) is 0 Å². The molecule has 8 aromatic carbocycles. The van der Waals surface area contributed by atoms with Crippen LogP contribution in [0.3, 0.4) is 0 Å². The van der Waals surface area contributed by atoms with E-state index in [1.807, 2.05) is 72.8 Å². The van der Waals surface area contributed by atoms with Gasteiger partial charge in [-0.15, -0.1) is 16.4 Å². The summed E-state index contributed by atoms with van der Waals surface area (Å²) >= 11 is 0. The number of aromatic nitrogens is 3. The second-order valence-corrected chi connectivity index (χ2v) is 16.1. The summed E-state index contributed by atoms with van der Waals surface area (Å²) in [7, 11) is 11.2. The molecule has 0 saturated heterocycles. The van der Waals surface area contributed by atoms with Crippen molar-refractivity contribution in [1.29, 1.82) is 0 Å². The Kier molecular flexibility index (Phi) is 8.71. The van der Waals surface area contributed by atoms with Crippen molar-refractivity contribution < 1.29 is 8.83 Å². The van der Waals surface area contributed by atoms with Crippen molar-refractivity contribution in [1.82, 2.24) is 15.0 Å². The van der Waals surface area contributed by atoms with Gasteiger partial charge in [-0.3, -0.25) is 0 Å². The summed E-state index contributed by atoms with van der Waals surface area (Å²) in [5.74, 6) is 1.69. The number of para-hydroxylation sites is 2. The number of hydrogen-bond donors (Lipinski definition) is 0. The summed E-state index contributed by atoms with van der Waals surface area (Å²) in [5, 5.41) is 4.04. The maximum absolute atomic E-state index is 6.59. The molecule has 61 heavy (non-hydrogen) atoms. The monoisotopic (exact) mass is 777 g/mol. The van der Waals surface area contributed by atoms with Crippen molar-refractivity contribution in [3.05, 3.63) is 158 Å². The lowest BCUT2D eigenvalue weighted by Crippen LogP contribution is -2.55. The summed E-state index contributed by atoms with van der Waals surface area (Å²) in [6.45, 7) is 0. The summed E-state index contributed by atoms with van der Waals surface area (Å²) in [5.41, 5.74) is 19.8. The molecule has 0 aliphatic carbocycles. The van der Waals surface area contributed by atoms with Crippen LogP contribution in [0.25, 0.3) is 111 Å². The molecule has 0 spiro atoms. The van der Waals surface area contributed by atoms with Gasteiger partial charge in [0.05, 0.1) is 5.56 Å². The number of nitrogens with zero attached hydrogens (tertiary/aromatic N) is 3. The second-order valence-electron chi connectivity index (χ2n) is 16.1. The van der Waals surface area contributed by atoms with E-state index in [1.165, 1.54) is 49.6 Å². The maximum atomic E-state index is 6.59. The van der Waals surface area contributed by atoms with E-state index in [0.29, 0.717) is 17.5 Å². The van der Waals surface area contributed by atoms with Crippen LogP contribution >= 0.6 is 0 Å². The van der Waals surface area contributed by atoms with E-state index >= 15 is 0 Å². The highest BCUT2D eigenvalue weighted by molar-refractivity contribution is 6.68. The van der Waals surface area contributed by atoms with Gasteiger partial charge in [0.1, 0.15) is 61.6 Å². The molecule has 0 radical (unpaired) electrons. The Balaban J connectivity index is 0.960. The minimum Gasteiger partial charge on any atom is -0.456 e. The molecule has 0 N–H and O–H groups in total. The fourth-order valence-electron chi connectivity index (χ4n) is 9.07. The Morgan fingerprint density at radius 2 is 0.852 bits per heavy atom. The van der Waals surface area contributed by atoms with Crippen molar-refractivity contribution in [2.24, 2.45) is 0 Å². The van der Waals surface area contributed by atoms with Gasteiger partial charge in [-0.25, -0.2) is 15.0 Å². The van der Waals surface area contributed by atoms with Gasteiger partial charge in [0.25, 0.3) is 0 Å². The minimum atomic E-state index is 0.543. The maximum Gasteiger partial charge on any atom is 0.167 e. The molecule has 0 aliphatic heterocycles. The van der Waals surface area contributed by atoms with Gasteiger partial charge < -0.3 is 8.83 Å². The van der Waals surface area contributed by atoms with Crippen LogP contribution in [0.1, 0.15) is 0 Å². The van der Waals surface area contributed by atoms with Gasteiger partial charge >= 0.3 is 0 Å². The van der Waals surface area contributed by atoms with Gasteiger partial charge in [0, 0.05) is 32.7 Å². The zero-order valence-electron chi connectivity index (χ0n) is 34.7. The Bertz CT molecular complexity index is 3500. The van der Waals surface area contributed by atoms with Gasteiger partial charge in [-0.1, -0.05) is 138 Å². The number of furan rings is 2. The average Bonchev–Trinajstić information content (AvgIpc) is 3.89. The molecule has 11 rings (SSSR count). The van der Waals surface area contributed by atoms with Crippen LogP contribution in [0.4, 0.5) is 0 Å². The fourth-order valence-corrected chi connectivity index (χ4v) is 9.07. The molecular weight excluding hydrogens is 741 g/mol. The van der Waals surface area contributed by atoms with E-state index in [0.717, 1.165) is 71.7 Å². The summed E-state index contributed by atoms with van der Waals surface area (Å²) in [4.78, 5) is 15.3. The number of rotatable bonds is 6. The Labute approximate surface area is 358 Å². The zero-order valence-corrected chi connectivity index (χ0v) is 34.7. The van der Waals surface area contributed by atoms with Crippen LogP contribution in [0.15, 0.2) is 167 Å². The summed E-state index contributed by atoms with van der Waals surface area (Å²) in [6.07, 6.45) is 0. The minimum absolute atomic E-state index is 0.543. The van der Waals surface area contributed by atoms with E-state index in [2.05, 4.69) is 124 Å². The first-order valence-electron chi connectivity index (χ1n) is 20.8. The smallest absolute Gasteiger partial charge is 0.167 e. The lowest BCUT2D eigenvalue weighted by Gasteiger charge is -2.20. The van der Waals surface area contributed by atoms with E-state index in [9.17, 15) is 0 Å². The van der Waals surface area contributed by atoms with Crippen molar-refractivity contribution in [2.45, 2.75) is 0 Å². The Hall–Kier alpha value is -7.31. The fraction of sp³-hybridized carbons (Fsp3) is 0. The molecule has 0 fully saturated rings. The predicted octanol–water partition coefficient (Wildman–Crippen LogP) is 4.96. The highest BCUT2D eigenvalue weighted by Crippen LogP contribution is 2.40. The van der Waals surface area contributed by atoms with Gasteiger partial charge in [0.15, 0.2) is 17.5 Å². The normalized spacial score (nSPS) is 11.6. The van der Waals surface area contributed by atoms with Crippen molar-refractivity contribution in [3.63, 3.8) is 0 Å². The molecule has 3 heterocycles. The predicted molar refractivity (Wildman–Crippen MR) is 268 cm³/mol. The molecule has 0 unspecified atom stereocenters. The SMILES string of the molecule is Bc1c(B)c(B)c(-c2ccc(-c3ccc(-c4ccc5c(c4)oc4cccc(-c6nc(-c7ccccc7)nc(-c7cccc8c7oc7ccccc78)n6)c45)cc3)cc2)c(B)c1B. The largest absolute Gasteiger partial charge is 0.456 e. The molecule has 0 bridgehead atoms. The van der Waals surface area contributed by atoms with E-state index in [4.69, 9.17) is 23.8 Å². The van der Waals surface area contributed by atoms with Crippen LogP contribution < -0.4 is 27.3 Å².